The minimum Gasteiger partial charge on any atom is -0.308 e. The molecule has 0 spiro atoms. The Kier molecular flexibility index (Phi) is 3.88. The lowest BCUT2D eigenvalue weighted by atomic mass is 10.4. The van der Waals surface area contributed by atoms with Gasteiger partial charge in [0.05, 0.1) is 11.0 Å². The summed E-state index contributed by atoms with van der Waals surface area (Å²) < 4.78 is 0. The Labute approximate surface area is 112 Å². The van der Waals surface area contributed by atoms with E-state index in [4.69, 9.17) is 5.84 Å². The Morgan fingerprint density at radius 3 is 2.63 bits per heavy atom. The molecule has 0 unspecified atom stereocenters. The summed E-state index contributed by atoms with van der Waals surface area (Å²) in [6, 6.07) is 2.59. The molecule has 0 fully saturated rings. The van der Waals surface area contributed by atoms with Gasteiger partial charge in [0.25, 0.3) is 5.69 Å². The van der Waals surface area contributed by atoms with Crippen LogP contribution >= 0.6 is 11.8 Å². The SMILES string of the molecule is Cc1cnc(Sc2cc([N+](=O)[O-])cc(NN)n2)nc1. The van der Waals surface area contributed by atoms with E-state index in [1.54, 1.807) is 12.4 Å². The summed E-state index contributed by atoms with van der Waals surface area (Å²) in [4.78, 5) is 22.6. The molecule has 9 heteroatoms. The maximum absolute atomic E-state index is 10.8. The summed E-state index contributed by atoms with van der Waals surface area (Å²) in [6.45, 7) is 1.87. The smallest absolute Gasteiger partial charge is 0.275 e. The van der Waals surface area contributed by atoms with Crippen LogP contribution in [0.25, 0.3) is 0 Å². The minimum atomic E-state index is -0.511. The van der Waals surface area contributed by atoms with Gasteiger partial charge in [-0.25, -0.2) is 20.8 Å². The lowest BCUT2D eigenvalue weighted by Gasteiger charge is -2.03. The topological polar surface area (TPSA) is 120 Å². The van der Waals surface area contributed by atoms with Crippen LogP contribution < -0.4 is 11.3 Å². The molecule has 0 atom stereocenters. The highest BCUT2D eigenvalue weighted by atomic mass is 32.2. The molecule has 2 rings (SSSR count). The molecule has 3 N–H and O–H groups in total. The van der Waals surface area contributed by atoms with Crippen LogP contribution in [0.2, 0.25) is 0 Å². The largest absolute Gasteiger partial charge is 0.308 e. The van der Waals surface area contributed by atoms with Gasteiger partial charge in [0.15, 0.2) is 5.16 Å². The van der Waals surface area contributed by atoms with Crippen LogP contribution in [0.5, 0.6) is 0 Å². The van der Waals surface area contributed by atoms with E-state index in [1.165, 1.54) is 12.1 Å². The molecule has 2 heterocycles. The number of hydrogen-bond donors (Lipinski definition) is 2. The van der Waals surface area contributed by atoms with Crippen molar-refractivity contribution in [3.05, 3.63) is 40.2 Å². The van der Waals surface area contributed by atoms with Gasteiger partial charge in [-0.3, -0.25) is 10.1 Å². The number of nitrogens with two attached hydrogens (primary N) is 1. The van der Waals surface area contributed by atoms with E-state index >= 15 is 0 Å². The first-order chi connectivity index (χ1) is 9.08. The molecule has 0 aliphatic carbocycles. The molecule has 0 aliphatic heterocycles. The molecule has 0 saturated heterocycles. The zero-order valence-corrected chi connectivity index (χ0v) is 10.7. The minimum absolute atomic E-state index is 0.0995. The third kappa shape index (κ3) is 3.36. The maximum atomic E-state index is 10.8. The van der Waals surface area contributed by atoms with E-state index in [1.807, 2.05) is 6.92 Å². The van der Waals surface area contributed by atoms with Crippen molar-refractivity contribution in [2.24, 2.45) is 5.84 Å². The summed E-state index contributed by atoms with van der Waals surface area (Å²) >= 11 is 1.12. The highest BCUT2D eigenvalue weighted by Gasteiger charge is 2.12. The molecular weight excluding hydrogens is 268 g/mol. The number of pyridine rings is 1. The van der Waals surface area contributed by atoms with Crippen molar-refractivity contribution in [2.45, 2.75) is 17.1 Å². The molecule has 98 valence electrons. The number of anilines is 1. The van der Waals surface area contributed by atoms with Crippen molar-refractivity contribution < 1.29 is 4.92 Å². The van der Waals surface area contributed by atoms with Gasteiger partial charge in [-0.05, 0) is 24.2 Å². The van der Waals surface area contributed by atoms with Crippen LogP contribution in [0.4, 0.5) is 11.5 Å². The third-order valence-corrected chi connectivity index (χ3v) is 2.91. The number of nitrogens with zero attached hydrogens (tertiary/aromatic N) is 4. The van der Waals surface area contributed by atoms with Gasteiger partial charge in [-0.1, -0.05) is 0 Å². The molecule has 0 amide bonds. The zero-order chi connectivity index (χ0) is 13.8. The predicted octanol–water partition coefficient (Wildman–Crippen LogP) is 1.53. The Balaban J connectivity index is 2.31. The second kappa shape index (κ2) is 5.59. The Hall–Kier alpha value is -2.26. The van der Waals surface area contributed by atoms with E-state index in [0.717, 1.165) is 17.3 Å². The summed E-state index contributed by atoms with van der Waals surface area (Å²) in [5.74, 6) is 5.44. The zero-order valence-electron chi connectivity index (χ0n) is 9.90. The van der Waals surface area contributed by atoms with E-state index < -0.39 is 4.92 Å². The number of nitro groups is 1. The second-order valence-corrected chi connectivity index (χ2v) is 4.58. The average Bonchev–Trinajstić information content (AvgIpc) is 2.41. The standard InChI is InChI=1S/C10H10N6O2S/c1-6-4-12-10(13-5-6)19-9-3-7(16(17)18)2-8(14-9)15-11/h2-5H,11H2,1H3,(H,14,15). The molecule has 8 nitrogen and oxygen atoms in total. The number of nitrogens with one attached hydrogen (secondary N) is 1. The molecule has 2 aromatic rings. The van der Waals surface area contributed by atoms with Crippen LogP contribution in [0.3, 0.4) is 0 Å². The van der Waals surface area contributed by atoms with Crippen molar-refractivity contribution in [3.8, 4) is 0 Å². The summed E-state index contributed by atoms with van der Waals surface area (Å²) in [6.07, 6.45) is 3.32. The fourth-order valence-electron chi connectivity index (χ4n) is 1.25. The van der Waals surface area contributed by atoms with Gasteiger partial charge < -0.3 is 5.43 Å². The number of hydrogen-bond acceptors (Lipinski definition) is 8. The van der Waals surface area contributed by atoms with Crippen LogP contribution in [0.15, 0.2) is 34.7 Å². The molecule has 0 aromatic carbocycles. The molecule has 0 radical (unpaired) electrons. The number of nitrogen functional groups attached to an aromatic ring is 1. The first-order valence-electron chi connectivity index (χ1n) is 5.18. The Bertz CT molecular complexity index is 603. The van der Waals surface area contributed by atoms with Gasteiger partial charge in [0.1, 0.15) is 10.8 Å². The number of aryl methyl sites for hydroxylation is 1. The van der Waals surface area contributed by atoms with Gasteiger partial charge in [-0.2, -0.15) is 0 Å². The highest BCUT2D eigenvalue weighted by molar-refractivity contribution is 7.99. The van der Waals surface area contributed by atoms with E-state index in [0.29, 0.717) is 10.2 Å². The van der Waals surface area contributed by atoms with Gasteiger partial charge in [-0.15, -0.1) is 0 Å². The van der Waals surface area contributed by atoms with Crippen molar-refractivity contribution in [2.75, 3.05) is 5.43 Å². The predicted molar refractivity (Wildman–Crippen MR) is 69.6 cm³/mol. The molecule has 2 aromatic heterocycles. The fourth-order valence-corrected chi connectivity index (χ4v) is 1.97. The second-order valence-electron chi connectivity index (χ2n) is 3.60. The fraction of sp³-hybridized carbons (Fsp3) is 0.100. The first-order valence-corrected chi connectivity index (χ1v) is 6.00. The van der Waals surface area contributed by atoms with Crippen LogP contribution in [0, 0.1) is 17.0 Å². The molecule has 19 heavy (non-hydrogen) atoms. The van der Waals surface area contributed by atoms with Crippen molar-refractivity contribution in [1.29, 1.82) is 0 Å². The number of aromatic nitrogens is 3. The van der Waals surface area contributed by atoms with E-state index in [-0.39, 0.29) is 11.5 Å². The number of rotatable bonds is 4. The van der Waals surface area contributed by atoms with Crippen molar-refractivity contribution >= 4 is 23.3 Å². The highest BCUT2D eigenvalue weighted by Crippen LogP contribution is 2.27. The lowest BCUT2D eigenvalue weighted by Crippen LogP contribution is -2.09. The molecule has 0 saturated carbocycles. The Morgan fingerprint density at radius 2 is 2.05 bits per heavy atom. The van der Waals surface area contributed by atoms with Crippen molar-refractivity contribution in [1.82, 2.24) is 15.0 Å². The van der Waals surface area contributed by atoms with Gasteiger partial charge in [0.2, 0.25) is 0 Å². The summed E-state index contributed by atoms with van der Waals surface area (Å²) in [5, 5.41) is 11.6. The summed E-state index contributed by atoms with van der Waals surface area (Å²) in [5.41, 5.74) is 3.12. The van der Waals surface area contributed by atoms with E-state index in [2.05, 4.69) is 20.4 Å². The molecule has 0 bridgehead atoms. The van der Waals surface area contributed by atoms with Gasteiger partial charge >= 0.3 is 0 Å². The molecular formula is C10H10N6O2S. The lowest BCUT2D eigenvalue weighted by molar-refractivity contribution is -0.385. The van der Waals surface area contributed by atoms with Crippen LogP contribution in [-0.4, -0.2) is 19.9 Å². The Morgan fingerprint density at radius 1 is 1.37 bits per heavy atom. The molecule has 0 aliphatic rings. The van der Waals surface area contributed by atoms with Crippen LogP contribution in [-0.2, 0) is 0 Å². The average molecular weight is 278 g/mol. The van der Waals surface area contributed by atoms with E-state index in [9.17, 15) is 10.1 Å². The quantitative estimate of drug-likeness (QED) is 0.374. The van der Waals surface area contributed by atoms with Crippen molar-refractivity contribution in [3.63, 3.8) is 0 Å². The first kappa shape index (κ1) is 13.2. The normalized spacial score (nSPS) is 10.2. The third-order valence-electron chi connectivity index (χ3n) is 2.10. The monoisotopic (exact) mass is 278 g/mol. The number of hydrazine groups is 1. The van der Waals surface area contributed by atoms with Crippen LogP contribution in [0.1, 0.15) is 5.56 Å². The van der Waals surface area contributed by atoms with Gasteiger partial charge in [0, 0.05) is 18.5 Å². The summed E-state index contributed by atoms with van der Waals surface area (Å²) in [7, 11) is 0. The maximum Gasteiger partial charge on any atom is 0.275 e.